The molecule has 0 saturated carbocycles. The van der Waals surface area contributed by atoms with Gasteiger partial charge >= 0.3 is 0 Å². The number of carbonyl (C=O) groups excluding carboxylic acids is 1. The van der Waals surface area contributed by atoms with Crippen molar-refractivity contribution >= 4 is 33.8 Å². The Morgan fingerprint density at radius 3 is 2.33 bits per heavy atom. The first-order valence-electron chi connectivity index (χ1n) is 12.5. The van der Waals surface area contributed by atoms with Crippen LogP contribution in [-0.2, 0) is 11.3 Å². The minimum atomic E-state index is -0.290. The maximum Gasteiger partial charge on any atom is 0.244 e. The van der Waals surface area contributed by atoms with Crippen LogP contribution in [0.15, 0.2) is 66.7 Å². The number of amides is 1. The molecule has 2 heterocycles. The van der Waals surface area contributed by atoms with Crippen LogP contribution < -0.4 is 24.3 Å². The Morgan fingerprint density at radius 2 is 1.62 bits per heavy atom. The van der Waals surface area contributed by atoms with E-state index in [4.69, 9.17) is 23.9 Å². The minimum absolute atomic E-state index is 0.0331. The summed E-state index contributed by atoms with van der Waals surface area (Å²) in [6, 6.07) is 18.6. The maximum atomic E-state index is 12.7. The molecule has 204 valence electrons. The largest absolute Gasteiger partial charge is 0.504 e. The molecule has 0 atom stereocenters. The summed E-state index contributed by atoms with van der Waals surface area (Å²) < 4.78 is 21.8. The number of pyridine rings is 1. The number of phenolic OH excluding ortho intramolecular Hbond substituents is 1. The smallest absolute Gasteiger partial charge is 0.244 e. The lowest BCUT2D eigenvalue weighted by Gasteiger charge is -2.15. The molecule has 9 heteroatoms. The van der Waals surface area contributed by atoms with Gasteiger partial charge in [-0.05, 0) is 48.0 Å². The fraction of sp³-hybridized carbons (Fsp3) is 0.161. The van der Waals surface area contributed by atoms with Crippen molar-refractivity contribution in [1.29, 1.82) is 0 Å². The van der Waals surface area contributed by atoms with Crippen LogP contribution in [0.2, 0.25) is 0 Å². The maximum absolute atomic E-state index is 12.7. The molecule has 5 rings (SSSR count). The molecule has 2 aromatic heterocycles. The highest BCUT2D eigenvalue weighted by atomic mass is 16.5. The predicted octanol–water partition coefficient (Wildman–Crippen LogP) is 5.45. The Labute approximate surface area is 231 Å². The van der Waals surface area contributed by atoms with E-state index in [1.807, 2.05) is 42.5 Å². The number of benzene rings is 3. The predicted molar refractivity (Wildman–Crippen MR) is 154 cm³/mol. The van der Waals surface area contributed by atoms with Crippen molar-refractivity contribution in [2.45, 2.75) is 6.54 Å². The van der Waals surface area contributed by atoms with Crippen molar-refractivity contribution in [2.24, 2.45) is 0 Å². The average Bonchev–Trinajstić information content (AvgIpc) is 3.37. The van der Waals surface area contributed by atoms with Crippen LogP contribution in [0.4, 0.5) is 0 Å². The summed E-state index contributed by atoms with van der Waals surface area (Å²) in [5, 5.41) is 14.7. The molecule has 0 aliphatic carbocycles. The second kappa shape index (κ2) is 11.3. The van der Waals surface area contributed by atoms with E-state index in [9.17, 15) is 9.90 Å². The number of nitrogens with one attached hydrogen (secondary N) is 2. The SMILES string of the molecule is COc1cc(/C=C/C(=O)NCc2cc3c([nH]c4ccccc43)c(-c3cc(OC)c(OC)c(OC)c3)n2)ccc1O. The van der Waals surface area contributed by atoms with E-state index in [1.54, 1.807) is 39.5 Å². The zero-order chi connectivity index (χ0) is 28.2. The van der Waals surface area contributed by atoms with Crippen molar-refractivity contribution in [3.8, 4) is 40.0 Å². The zero-order valence-corrected chi connectivity index (χ0v) is 22.6. The molecule has 1 amide bonds. The van der Waals surface area contributed by atoms with Gasteiger partial charge < -0.3 is 34.4 Å². The van der Waals surface area contributed by atoms with E-state index in [1.165, 1.54) is 19.3 Å². The third-order valence-electron chi connectivity index (χ3n) is 6.56. The summed E-state index contributed by atoms with van der Waals surface area (Å²) in [5.41, 5.74) is 4.67. The molecule has 5 aromatic rings. The van der Waals surface area contributed by atoms with Crippen molar-refractivity contribution < 1.29 is 28.8 Å². The number of carbonyl (C=O) groups is 1. The molecule has 3 N–H and O–H groups in total. The van der Waals surface area contributed by atoms with Gasteiger partial charge in [0, 0.05) is 27.9 Å². The summed E-state index contributed by atoms with van der Waals surface area (Å²) >= 11 is 0. The zero-order valence-electron chi connectivity index (χ0n) is 22.6. The number of phenols is 1. The molecule has 0 saturated heterocycles. The fourth-order valence-corrected chi connectivity index (χ4v) is 4.62. The van der Waals surface area contributed by atoms with Crippen LogP contribution in [0, 0.1) is 0 Å². The highest BCUT2D eigenvalue weighted by Gasteiger charge is 2.19. The van der Waals surface area contributed by atoms with Gasteiger partial charge in [0.1, 0.15) is 0 Å². The summed E-state index contributed by atoms with van der Waals surface area (Å²) in [6.07, 6.45) is 3.07. The number of aromatic amines is 1. The lowest BCUT2D eigenvalue weighted by Crippen LogP contribution is -2.21. The molecular formula is C31H29N3O6. The molecule has 0 spiro atoms. The number of hydrogen-bond donors (Lipinski definition) is 3. The first kappa shape index (κ1) is 26.4. The topological polar surface area (TPSA) is 115 Å². The summed E-state index contributed by atoms with van der Waals surface area (Å²) in [6.45, 7) is 0.203. The number of fused-ring (bicyclic) bond motifs is 3. The number of rotatable bonds is 9. The van der Waals surface area contributed by atoms with Crippen LogP contribution >= 0.6 is 0 Å². The van der Waals surface area contributed by atoms with Crippen LogP contribution in [0.1, 0.15) is 11.3 Å². The molecule has 0 radical (unpaired) electrons. The number of ether oxygens (including phenoxy) is 4. The van der Waals surface area contributed by atoms with E-state index in [0.717, 1.165) is 27.4 Å². The van der Waals surface area contributed by atoms with E-state index < -0.39 is 0 Å². The van der Waals surface area contributed by atoms with Crippen molar-refractivity contribution in [3.63, 3.8) is 0 Å². The Balaban J connectivity index is 1.51. The molecule has 0 fully saturated rings. The van der Waals surface area contributed by atoms with Gasteiger partial charge in [0.2, 0.25) is 11.7 Å². The van der Waals surface area contributed by atoms with E-state index in [-0.39, 0.29) is 18.2 Å². The van der Waals surface area contributed by atoms with Gasteiger partial charge in [-0.2, -0.15) is 0 Å². The summed E-state index contributed by atoms with van der Waals surface area (Å²) in [5.74, 6) is 1.59. The first-order valence-corrected chi connectivity index (χ1v) is 12.5. The van der Waals surface area contributed by atoms with Gasteiger partial charge in [-0.15, -0.1) is 0 Å². The third kappa shape index (κ3) is 5.09. The quantitative estimate of drug-likeness (QED) is 0.213. The number of hydrogen-bond acceptors (Lipinski definition) is 7. The summed E-state index contributed by atoms with van der Waals surface area (Å²) in [4.78, 5) is 21.1. The van der Waals surface area contributed by atoms with E-state index in [0.29, 0.717) is 39.9 Å². The molecule has 0 aliphatic heterocycles. The standard InChI is InChI=1S/C31H29N3O6/c1-37-25-13-18(9-11-24(25)35)10-12-28(36)32-17-20-16-22-21-7-5-6-8-23(21)34-30(22)29(33-20)19-14-26(38-2)31(40-4)27(15-19)39-3/h5-16,34-35H,17H2,1-4H3,(H,32,36)/b12-10+. The van der Waals surface area contributed by atoms with Gasteiger partial charge in [0.15, 0.2) is 23.0 Å². The number of aromatic hydroxyl groups is 1. The van der Waals surface area contributed by atoms with Gasteiger partial charge in [-0.25, -0.2) is 4.98 Å². The number of para-hydroxylation sites is 1. The average molecular weight is 540 g/mol. The van der Waals surface area contributed by atoms with Crippen LogP contribution in [0.25, 0.3) is 39.1 Å². The second-order valence-electron chi connectivity index (χ2n) is 8.95. The summed E-state index contributed by atoms with van der Waals surface area (Å²) in [7, 11) is 6.17. The van der Waals surface area contributed by atoms with Crippen LogP contribution in [0.5, 0.6) is 28.7 Å². The Hall–Kier alpha value is -5.18. The minimum Gasteiger partial charge on any atom is -0.504 e. The van der Waals surface area contributed by atoms with Crippen molar-refractivity contribution in [2.75, 3.05) is 28.4 Å². The molecular weight excluding hydrogens is 510 g/mol. The number of H-pyrrole nitrogens is 1. The lowest BCUT2D eigenvalue weighted by atomic mass is 10.1. The van der Waals surface area contributed by atoms with Gasteiger partial charge in [0.25, 0.3) is 0 Å². The Bertz CT molecular complexity index is 1720. The molecule has 3 aromatic carbocycles. The van der Waals surface area contributed by atoms with Gasteiger partial charge in [-0.1, -0.05) is 24.3 Å². The van der Waals surface area contributed by atoms with Crippen molar-refractivity contribution in [1.82, 2.24) is 15.3 Å². The fourth-order valence-electron chi connectivity index (χ4n) is 4.62. The number of nitrogens with zero attached hydrogens (tertiary/aromatic N) is 1. The number of methoxy groups -OCH3 is 4. The van der Waals surface area contributed by atoms with Crippen LogP contribution in [0.3, 0.4) is 0 Å². The highest BCUT2D eigenvalue weighted by Crippen LogP contribution is 2.42. The molecule has 0 aliphatic rings. The first-order chi connectivity index (χ1) is 19.4. The molecule has 9 nitrogen and oxygen atoms in total. The van der Waals surface area contributed by atoms with Crippen LogP contribution in [-0.4, -0.2) is 49.4 Å². The lowest BCUT2D eigenvalue weighted by molar-refractivity contribution is -0.116. The Morgan fingerprint density at radius 1 is 0.900 bits per heavy atom. The monoisotopic (exact) mass is 539 g/mol. The number of aromatic nitrogens is 2. The molecule has 0 unspecified atom stereocenters. The molecule has 0 bridgehead atoms. The normalized spacial score (nSPS) is 11.2. The van der Waals surface area contributed by atoms with Gasteiger partial charge in [0.05, 0.1) is 51.9 Å². The Kier molecular flexibility index (Phi) is 7.46. The van der Waals surface area contributed by atoms with E-state index in [2.05, 4.69) is 10.3 Å². The van der Waals surface area contributed by atoms with E-state index >= 15 is 0 Å². The molecule has 40 heavy (non-hydrogen) atoms. The second-order valence-corrected chi connectivity index (χ2v) is 8.95. The van der Waals surface area contributed by atoms with Gasteiger partial charge in [-0.3, -0.25) is 4.79 Å². The third-order valence-corrected chi connectivity index (χ3v) is 6.56. The highest BCUT2D eigenvalue weighted by molar-refractivity contribution is 6.11. The van der Waals surface area contributed by atoms with Crippen molar-refractivity contribution in [3.05, 3.63) is 78.0 Å².